The Hall–Kier alpha value is -3.10. The van der Waals surface area contributed by atoms with Crippen LogP contribution in [0.5, 0.6) is 0 Å². The second kappa shape index (κ2) is 19.1. The van der Waals surface area contributed by atoms with Crippen molar-refractivity contribution >= 4 is 23.3 Å². The molecule has 2 aliphatic rings. The van der Waals surface area contributed by atoms with Crippen molar-refractivity contribution in [3.8, 4) is 0 Å². The van der Waals surface area contributed by atoms with Crippen molar-refractivity contribution in [3.63, 3.8) is 0 Å². The van der Waals surface area contributed by atoms with Crippen LogP contribution in [0.25, 0.3) is 0 Å². The van der Waals surface area contributed by atoms with Gasteiger partial charge in [-0.3, -0.25) is 14.5 Å². The van der Waals surface area contributed by atoms with Gasteiger partial charge in [-0.05, 0) is 108 Å². The molecule has 2 saturated carbocycles. The van der Waals surface area contributed by atoms with Gasteiger partial charge in [0.1, 0.15) is 0 Å². The first-order valence-corrected chi connectivity index (χ1v) is 14.6. The molecular formula is C32H53N5O3. The van der Waals surface area contributed by atoms with Crippen molar-refractivity contribution in [2.75, 3.05) is 18.0 Å². The number of carboxylic acid groups (broad SMARTS) is 1. The average molecular weight is 556 g/mol. The molecule has 2 fully saturated rings. The van der Waals surface area contributed by atoms with Crippen LogP contribution in [0.1, 0.15) is 84.3 Å². The van der Waals surface area contributed by atoms with Crippen LogP contribution in [-0.4, -0.2) is 52.6 Å². The number of nitrogen functional groups attached to an aromatic ring is 2. The molecule has 224 valence electrons. The Morgan fingerprint density at radius 2 is 1.32 bits per heavy atom. The van der Waals surface area contributed by atoms with Gasteiger partial charge in [0, 0.05) is 48.4 Å². The summed E-state index contributed by atoms with van der Waals surface area (Å²) in [5, 5.41) is 11.4. The van der Waals surface area contributed by atoms with Gasteiger partial charge in [-0.1, -0.05) is 31.2 Å². The molecule has 0 unspecified atom stereocenters. The molecule has 0 heterocycles. The van der Waals surface area contributed by atoms with Crippen molar-refractivity contribution in [2.24, 2.45) is 5.73 Å². The molecule has 8 nitrogen and oxygen atoms in total. The van der Waals surface area contributed by atoms with Crippen LogP contribution in [-0.2, 0) is 22.4 Å². The van der Waals surface area contributed by atoms with E-state index < -0.39 is 5.97 Å². The van der Waals surface area contributed by atoms with Crippen LogP contribution < -0.4 is 22.5 Å². The third-order valence-corrected chi connectivity index (χ3v) is 6.43. The van der Waals surface area contributed by atoms with Crippen molar-refractivity contribution in [1.29, 1.82) is 0 Å². The maximum Gasteiger partial charge on any atom is 0.303 e. The van der Waals surface area contributed by atoms with E-state index in [0.29, 0.717) is 42.7 Å². The van der Waals surface area contributed by atoms with Crippen molar-refractivity contribution in [1.82, 2.24) is 10.2 Å². The number of benzene rings is 2. The number of aryl methyl sites for hydroxylation is 2. The number of amides is 1. The summed E-state index contributed by atoms with van der Waals surface area (Å²) in [5.74, 6) is -0.627. The minimum atomic E-state index is -0.780. The van der Waals surface area contributed by atoms with E-state index in [1.807, 2.05) is 36.4 Å². The van der Waals surface area contributed by atoms with E-state index in [9.17, 15) is 9.59 Å². The number of hydrogen-bond donors (Lipinski definition) is 5. The normalized spacial score (nSPS) is 13.8. The fraction of sp³-hybridized carbons (Fsp3) is 0.562. The lowest BCUT2D eigenvalue weighted by Crippen LogP contribution is -2.36. The Bertz CT molecular complexity index is 996. The first-order chi connectivity index (χ1) is 18.9. The van der Waals surface area contributed by atoms with Crippen LogP contribution in [0.2, 0.25) is 0 Å². The molecule has 0 bridgehead atoms. The molecule has 1 amide bonds. The molecule has 2 aromatic carbocycles. The average Bonchev–Trinajstić information content (AvgIpc) is 3.82. The number of carboxylic acids is 1. The molecule has 8 heteroatoms. The number of nitrogens with two attached hydrogens (primary N) is 3. The van der Waals surface area contributed by atoms with Gasteiger partial charge in [0.15, 0.2) is 0 Å². The van der Waals surface area contributed by atoms with Gasteiger partial charge in [-0.2, -0.15) is 0 Å². The summed E-state index contributed by atoms with van der Waals surface area (Å²) in [7, 11) is 0. The van der Waals surface area contributed by atoms with E-state index in [0.717, 1.165) is 42.6 Å². The summed E-state index contributed by atoms with van der Waals surface area (Å²) in [6.07, 6.45) is 6.83. The monoisotopic (exact) mass is 555 g/mol. The number of nitrogens with zero attached hydrogens (tertiary/aromatic N) is 1. The minimum Gasteiger partial charge on any atom is -0.481 e. The highest BCUT2D eigenvalue weighted by atomic mass is 16.4. The Kier molecular flexibility index (Phi) is 16.6. The summed E-state index contributed by atoms with van der Waals surface area (Å²) in [6.45, 7) is 12.3. The highest BCUT2D eigenvalue weighted by molar-refractivity contribution is 5.76. The molecule has 2 aliphatic carbocycles. The number of hydrogen-bond acceptors (Lipinski definition) is 6. The van der Waals surface area contributed by atoms with E-state index >= 15 is 0 Å². The molecule has 8 N–H and O–H groups in total. The first kappa shape index (κ1) is 34.9. The van der Waals surface area contributed by atoms with Gasteiger partial charge >= 0.3 is 5.97 Å². The number of carbonyl (C=O) groups excluding carboxylic acids is 1. The maximum atomic E-state index is 11.4. The summed E-state index contributed by atoms with van der Waals surface area (Å²) in [5.41, 5.74) is 19.9. The summed E-state index contributed by atoms with van der Waals surface area (Å²) < 4.78 is 0. The Labute approximate surface area is 241 Å². The Balaban J connectivity index is 0.000000288. The smallest absolute Gasteiger partial charge is 0.303 e. The lowest BCUT2D eigenvalue weighted by Gasteiger charge is -2.28. The second-order valence-electron chi connectivity index (χ2n) is 11.1. The lowest BCUT2D eigenvalue weighted by molar-refractivity contribution is -0.137. The van der Waals surface area contributed by atoms with E-state index in [1.54, 1.807) is 12.1 Å². The first-order valence-electron chi connectivity index (χ1n) is 14.6. The van der Waals surface area contributed by atoms with Gasteiger partial charge in [-0.15, -0.1) is 0 Å². The van der Waals surface area contributed by atoms with Crippen molar-refractivity contribution in [3.05, 3.63) is 59.7 Å². The van der Waals surface area contributed by atoms with Gasteiger partial charge < -0.3 is 27.6 Å². The van der Waals surface area contributed by atoms with Crippen LogP contribution in [0.3, 0.4) is 0 Å². The lowest BCUT2D eigenvalue weighted by atomic mass is 10.1. The largest absolute Gasteiger partial charge is 0.481 e. The fourth-order valence-electron chi connectivity index (χ4n) is 3.96. The molecule has 0 atom stereocenters. The van der Waals surface area contributed by atoms with Gasteiger partial charge in [0.25, 0.3) is 0 Å². The zero-order valence-electron chi connectivity index (χ0n) is 25.2. The summed E-state index contributed by atoms with van der Waals surface area (Å²) in [6, 6.07) is 17.4. The molecule has 2 aromatic rings. The van der Waals surface area contributed by atoms with E-state index in [2.05, 4.69) is 44.8 Å². The standard InChI is InChI=1S/C12H16N2O.C9H11NO2.C8H19N.C3H7N/c13-10-3-1-2-9(8-10)4-7-12(15)14-11-5-6-11;10-8-3-1-2-7(6-8)4-5-9(11)12;1-6-9(7(2)3)8(4)5;4-3-1-2-3/h1-3,8,11H,4-7,13H2,(H,14,15);1-3,6H,4-5,10H2,(H,11,12);7-8H,6H2,1-5H3;3H,1-2,4H2. The van der Waals surface area contributed by atoms with Gasteiger partial charge in [0.2, 0.25) is 5.91 Å². The van der Waals surface area contributed by atoms with E-state index in [1.165, 1.54) is 12.8 Å². The highest BCUT2D eigenvalue weighted by Gasteiger charge is 2.22. The molecule has 40 heavy (non-hydrogen) atoms. The predicted molar refractivity (Wildman–Crippen MR) is 167 cm³/mol. The maximum absolute atomic E-state index is 11.4. The van der Waals surface area contributed by atoms with Crippen molar-refractivity contribution < 1.29 is 14.7 Å². The van der Waals surface area contributed by atoms with Crippen LogP contribution in [0.4, 0.5) is 11.4 Å². The number of carbonyl (C=O) groups is 2. The quantitative estimate of drug-likeness (QED) is 0.259. The number of nitrogens with one attached hydrogen (secondary N) is 1. The Morgan fingerprint density at radius 1 is 0.875 bits per heavy atom. The van der Waals surface area contributed by atoms with Crippen molar-refractivity contribution in [2.45, 2.75) is 110 Å². The molecule has 4 rings (SSSR count). The SMILES string of the molecule is CCN(C(C)C)C(C)C.NC1CC1.Nc1cccc(CCC(=O)NC2CC2)c1.Nc1cccc(CCC(=O)O)c1. The van der Waals surface area contributed by atoms with Crippen LogP contribution in [0, 0.1) is 0 Å². The molecular weight excluding hydrogens is 502 g/mol. The molecule has 0 spiro atoms. The highest BCUT2D eigenvalue weighted by Crippen LogP contribution is 2.19. The van der Waals surface area contributed by atoms with E-state index in [-0.39, 0.29) is 12.3 Å². The third-order valence-electron chi connectivity index (χ3n) is 6.43. The summed E-state index contributed by atoms with van der Waals surface area (Å²) >= 11 is 0. The topological polar surface area (TPSA) is 148 Å². The fourth-order valence-corrected chi connectivity index (χ4v) is 3.96. The van der Waals surface area contributed by atoms with E-state index in [4.69, 9.17) is 22.3 Å². The third kappa shape index (κ3) is 18.2. The number of rotatable bonds is 10. The second-order valence-corrected chi connectivity index (χ2v) is 11.1. The number of aliphatic carboxylic acids is 1. The van der Waals surface area contributed by atoms with Crippen LogP contribution in [0.15, 0.2) is 48.5 Å². The van der Waals surface area contributed by atoms with Crippen LogP contribution >= 0.6 is 0 Å². The Morgan fingerprint density at radius 3 is 1.62 bits per heavy atom. The number of anilines is 2. The molecule has 0 aromatic heterocycles. The zero-order chi connectivity index (χ0) is 30.1. The van der Waals surface area contributed by atoms with Gasteiger partial charge in [0.05, 0.1) is 0 Å². The minimum absolute atomic E-state index is 0.153. The van der Waals surface area contributed by atoms with Gasteiger partial charge in [-0.25, -0.2) is 0 Å². The zero-order valence-corrected chi connectivity index (χ0v) is 25.2. The predicted octanol–water partition coefficient (Wildman–Crippen LogP) is 5.00. The molecule has 0 aliphatic heterocycles. The summed E-state index contributed by atoms with van der Waals surface area (Å²) in [4.78, 5) is 24.1. The molecule has 0 radical (unpaired) electrons. The molecule has 0 saturated heterocycles.